The third kappa shape index (κ3) is 6.86. The molecule has 4 heterocycles. The summed E-state index contributed by atoms with van der Waals surface area (Å²) in [5, 5.41) is 0. The standard InChI is InChI=1S/C15H18N2O3.C14H16N2O3.CH4/c1-10-3-4-13-12(9-10)16-14(20-13)11(2)15(18)17-5-7-19-8-6-17;1-10-2-3-12-11(8-10)15-13(19-12)9-14(17)16-4-6-18-7-5-16;/h3-4,9,11H,5-8H2,1-2H3;2-3,8H,4-7,9H2,1H3;1H4. The molecule has 40 heavy (non-hydrogen) atoms. The van der Waals surface area contributed by atoms with Crippen LogP contribution < -0.4 is 0 Å². The molecule has 4 aromatic rings. The molecule has 1 unspecified atom stereocenters. The molecule has 0 bridgehead atoms. The lowest BCUT2D eigenvalue weighted by Gasteiger charge is -2.28. The van der Waals surface area contributed by atoms with Crippen molar-refractivity contribution in [1.29, 1.82) is 0 Å². The van der Waals surface area contributed by atoms with Gasteiger partial charge < -0.3 is 28.1 Å². The van der Waals surface area contributed by atoms with E-state index in [1.807, 2.05) is 62.1 Å². The molecule has 214 valence electrons. The number of amides is 2. The summed E-state index contributed by atoms with van der Waals surface area (Å²) in [5.41, 5.74) is 5.34. The van der Waals surface area contributed by atoms with Crippen molar-refractivity contribution < 1.29 is 27.9 Å². The van der Waals surface area contributed by atoms with Crippen LogP contribution in [0.2, 0.25) is 0 Å². The number of hydrogen-bond acceptors (Lipinski definition) is 8. The van der Waals surface area contributed by atoms with Gasteiger partial charge in [0.25, 0.3) is 0 Å². The van der Waals surface area contributed by atoms with Crippen LogP contribution >= 0.6 is 0 Å². The SMILES string of the molecule is C.Cc1ccc2oc(C(C)C(=O)N3CCOCC3)nc2c1.Cc1ccc2oc(CC(=O)N3CCOCC3)nc2c1. The number of hydrogen-bond donors (Lipinski definition) is 0. The van der Waals surface area contributed by atoms with Crippen molar-refractivity contribution in [3.05, 3.63) is 59.3 Å². The quantitative estimate of drug-likeness (QED) is 0.370. The molecule has 2 amide bonds. The molecular weight excluding hydrogens is 512 g/mol. The number of nitrogens with zero attached hydrogens (tertiary/aromatic N) is 4. The van der Waals surface area contributed by atoms with E-state index in [1.165, 1.54) is 0 Å². The predicted octanol–water partition coefficient (Wildman–Crippen LogP) is 4.27. The highest BCUT2D eigenvalue weighted by atomic mass is 16.5. The van der Waals surface area contributed by atoms with Crippen LogP contribution in [-0.4, -0.2) is 84.2 Å². The molecule has 10 nitrogen and oxygen atoms in total. The van der Waals surface area contributed by atoms with Crippen LogP contribution in [0.25, 0.3) is 22.2 Å². The lowest BCUT2D eigenvalue weighted by Crippen LogP contribution is -2.42. The van der Waals surface area contributed by atoms with Gasteiger partial charge in [-0.3, -0.25) is 9.59 Å². The lowest BCUT2D eigenvalue weighted by atomic mass is 10.1. The average Bonchev–Trinajstić information content (AvgIpc) is 3.56. The van der Waals surface area contributed by atoms with Crippen LogP contribution in [0.3, 0.4) is 0 Å². The minimum absolute atomic E-state index is 0. The van der Waals surface area contributed by atoms with Gasteiger partial charge in [-0.25, -0.2) is 9.97 Å². The smallest absolute Gasteiger partial charge is 0.234 e. The Hall–Kier alpha value is -3.76. The molecule has 2 aliphatic rings. The maximum absolute atomic E-state index is 12.4. The van der Waals surface area contributed by atoms with Gasteiger partial charge in [-0.05, 0) is 56.2 Å². The number of rotatable bonds is 4. The zero-order valence-electron chi connectivity index (χ0n) is 22.6. The maximum atomic E-state index is 12.4. The Kier molecular flexibility index (Phi) is 9.54. The van der Waals surface area contributed by atoms with Gasteiger partial charge in [0, 0.05) is 26.2 Å². The van der Waals surface area contributed by atoms with Crippen molar-refractivity contribution in [3.63, 3.8) is 0 Å². The van der Waals surface area contributed by atoms with E-state index in [0.29, 0.717) is 64.4 Å². The summed E-state index contributed by atoms with van der Waals surface area (Å²) in [5.74, 6) is 0.711. The largest absolute Gasteiger partial charge is 0.440 e. The summed E-state index contributed by atoms with van der Waals surface area (Å²) in [4.78, 5) is 36.9. The van der Waals surface area contributed by atoms with Crippen molar-refractivity contribution in [2.75, 3.05) is 52.6 Å². The number of carbonyl (C=O) groups excluding carboxylic acids is 2. The van der Waals surface area contributed by atoms with E-state index in [0.717, 1.165) is 33.3 Å². The van der Waals surface area contributed by atoms with Crippen LogP contribution in [0.15, 0.2) is 45.2 Å². The predicted molar refractivity (Wildman–Crippen MR) is 151 cm³/mol. The first kappa shape index (κ1) is 29.2. The molecule has 6 rings (SSSR count). The zero-order valence-corrected chi connectivity index (χ0v) is 22.6. The molecule has 2 fully saturated rings. The highest BCUT2D eigenvalue weighted by Gasteiger charge is 2.27. The van der Waals surface area contributed by atoms with E-state index in [9.17, 15) is 9.59 Å². The van der Waals surface area contributed by atoms with E-state index in [4.69, 9.17) is 18.3 Å². The van der Waals surface area contributed by atoms with Gasteiger partial charge in [-0.1, -0.05) is 19.6 Å². The summed E-state index contributed by atoms with van der Waals surface area (Å²) in [6.07, 6.45) is 0.216. The first-order valence-electron chi connectivity index (χ1n) is 13.3. The Bertz CT molecular complexity index is 1450. The molecule has 0 N–H and O–H groups in total. The second-order valence-corrected chi connectivity index (χ2v) is 9.93. The lowest BCUT2D eigenvalue weighted by molar-refractivity contribution is -0.137. The topological polar surface area (TPSA) is 111 Å². The Balaban J connectivity index is 0.000000181. The van der Waals surface area contributed by atoms with Gasteiger partial charge in [-0.15, -0.1) is 0 Å². The van der Waals surface area contributed by atoms with Crippen molar-refractivity contribution in [2.24, 2.45) is 0 Å². The van der Waals surface area contributed by atoms with Gasteiger partial charge >= 0.3 is 0 Å². The third-order valence-corrected chi connectivity index (χ3v) is 6.88. The van der Waals surface area contributed by atoms with Gasteiger partial charge in [-0.2, -0.15) is 0 Å². The van der Waals surface area contributed by atoms with Gasteiger partial charge in [0.2, 0.25) is 23.6 Å². The normalized spacial score (nSPS) is 16.3. The van der Waals surface area contributed by atoms with Gasteiger partial charge in [0.15, 0.2) is 11.2 Å². The average molecular weight is 551 g/mol. The number of aromatic nitrogens is 2. The highest BCUT2D eigenvalue weighted by molar-refractivity contribution is 5.83. The van der Waals surface area contributed by atoms with Crippen LogP contribution in [-0.2, 0) is 25.5 Å². The number of morpholine rings is 2. The number of benzene rings is 2. The summed E-state index contributed by atoms with van der Waals surface area (Å²) in [7, 11) is 0. The first-order chi connectivity index (χ1) is 18.9. The Morgan fingerprint density at radius 3 is 1.93 bits per heavy atom. The fourth-order valence-electron chi connectivity index (χ4n) is 4.62. The Morgan fingerprint density at radius 2 is 1.32 bits per heavy atom. The molecule has 2 saturated heterocycles. The number of fused-ring (bicyclic) bond motifs is 2. The Morgan fingerprint density at radius 1 is 0.800 bits per heavy atom. The fraction of sp³-hybridized carbons (Fsp3) is 0.467. The van der Waals surface area contributed by atoms with Crippen molar-refractivity contribution >= 4 is 34.0 Å². The van der Waals surface area contributed by atoms with E-state index in [1.54, 1.807) is 4.90 Å². The van der Waals surface area contributed by atoms with Crippen LogP contribution in [0, 0.1) is 13.8 Å². The minimum atomic E-state index is -0.360. The minimum Gasteiger partial charge on any atom is -0.440 e. The molecular formula is C30H38N4O6. The van der Waals surface area contributed by atoms with Crippen LogP contribution in [0.1, 0.15) is 43.2 Å². The van der Waals surface area contributed by atoms with Crippen molar-refractivity contribution in [2.45, 2.75) is 40.5 Å². The van der Waals surface area contributed by atoms with Crippen molar-refractivity contribution in [3.8, 4) is 0 Å². The molecule has 0 spiro atoms. The third-order valence-electron chi connectivity index (χ3n) is 6.88. The molecule has 2 aromatic carbocycles. The molecule has 1 atom stereocenters. The second kappa shape index (κ2) is 13.1. The number of carbonyl (C=O) groups is 2. The molecule has 2 aliphatic heterocycles. The molecule has 10 heteroatoms. The van der Waals surface area contributed by atoms with E-state index < -0.39 is 0 Å². The van der Waals surface area contributed by atoms with Gasteiger partial charge in [0.1, 0.15) is 23.4 Å². The maximum Gasteiger partial charge on any atom is 0.234 e. The summed E-state index contributed by atoms with van der Waals surface area (Å²) < 4.78 is 21.8. The monoisotopic (exact) mass is 550 g/mol. The van der Waals surface area contributed by atoms with Crippen molar-refractivity contribution in [1.82, 2.24) is 19.8 Å². The fourth-order valence-corrected chi connectivity index (χ4v) is 4.62. The summed E-state index contributed by atoms with van der Waals surface area (Å²) >= 11 is 0. The second-order valence-electron chi connectivity index (χ2n) is 9.93. The first-order valence-corrected chi connectivity index (χ1v) is 13.3. The number of aryl methyl sites for hydroxylation is 2. The zero-order chi connectivity index (χ0) is 27.4. The highest BCUT2D eigenvalue weighted by Crippen LogP contribution is 2.24. The molecule has 0 radical (unpaired) electrons. The van der Waals surface area contributed by atoms with E-state index in [-0.39, 0.29) is 31.6 Å². The summed E-state index contributed by atoms with van der Waals surface area (Å²) in [6.45, 7) is 10.9. The summed E-state index contributed by atoms with van der Waals surface area (Å²) in [6, 6.07) is 11.7. The Labute approximate surface area is 234 Å². The van der Waals surface area contributed by atoms with Gasteiger partial charge in [0.05, 0.1) is 26.4 Å². The van der Waals surface area contributed by atoms with E-state index in [2.05, 4.69) is 9.97 Å². The number of ether oxygens (including phenoxy) is 2. The van der Waals surface area contributed by atoms with E-state index >= 15 is 0 Å². The molecule has 2 aromatic heterocycles. The number of oxazole rings is 2. The molecule has 0 saturated carbocycles. The van der Waals surface area contributed by atoms with Crippen LogP contribution in [0.5, 0.6) is 0 Å². The van der Waals surface area contributed by atoms with Crippen LogP contribution in [0.4, 0.5) is 0 Å². The molecule has 0 aliphatic carbocycles.